The maximum atomic E-state index is 13.0. The number of fused-ring (bicyclic) bond motifs is 1. The van der Waals surface area contributed by atoms with Crippen LogP contribution in [0.4, 0.5) is 15.8 Å². The Balaban J connectivity index is 1.27. The van der Waals surface area contributed by atoms with Crippen LogP contribution in [0.1, 0.15) is 23.2 Å². The molecule has 1 aliphatic carbocycles. The molecule has 2 aliphatic rings. The summed E-state index contributed by atoms with van der Waals surface area (Å²) in [5.41, 5.74) is 3.81. The Hall–Kier alpha value is -4.53. The molecular weight excluding hydrogens is 451 g/mol. The van der Waals surface area contributed by atoms with Gasteiger partial charge in [0.25, 0.3) is 5.91 Å². The van der Waals surface area contributed by atoms with Gasteiger partial charge in [0.1, 0.15) is 11.6 Å². The van der Waals surface area contributed by atoms with Gasteiger partial charge in [-0.15, -0.1) is 0 Å². The second-order valence-corrected chi connectivity index (χ2v) is 8.25. The first kappa shape index (κ1) is 22.3. The van der Waals surface area contributed by atoms with Gasteiger partial charge in [0.2, 0.25) is 17.7 Å². The molecule has 0 saturated carbocycles. The molecule has 1 aromatic heterocycles. The number of ether oxygens (including phenoxy) is 1. The van der Waals surface area contributed by atoms with Crippen LogP contribution in [0.5, 0.6) is 11.6 Å². The fourth-order valence-corrected chi connectivity index (χ4v) is 4.11. The van der Waals surface area contributed by atoms with Crippen LogP contribution < -0.4 is 20.5 Å². The summed E-state index contributed by atoms with van der Waals surface area (Å²) in [5, 5.41) is 3.97. The number of amides is 3. The summed E-state index contributed by atoms with van der Waals surface area (Å²) in [7, 11) is 0. The number of benzene rings is 2. The first-order valence-corrected chi connectivity index (χ1v) is 11.1. The number of hydrogen-bond donors (Lipinski definition) is 2. The molecule has 8 nitrogen and oxygen atoms in total. The van der Waals surface area contributed by atoms with Gasteiger partial charge >= 0.3 is 0 Å². The number of nitrogens with zero attached hydrogens (tertiary/aromatic N) is 2. The maximum Gasteiger partial charge on any atom is 0.255 e. The van der Waals surface area contributed by atoms with Gasteiger partial charge in [-0.1, -0.05) is 18.2 Å². The lowest BCUT2D eigenvalue weighted by Crippen LogP contribution is -2.59. The minimum absolute atomic E-state index is 0.197. The van der Waals surface area contributed by atoms with E-state index in [1.54, 1.807) is 36.4 Å². The molecule has 2 atom stereocenters. The molecule has 176 valence electrons. The van der Waals surface area contributed by atoms with Crippen molar-refractivity contribution in [3.05, 3.63) is 90.4 Å². The standard InChI is InChI=1S/C26H21FN4O4/c27-17-8-11-20(12-9-17)35-23-13-10-18(15-28-23)29-24(32)16-4-3-5-19(14-16)31-26(34)22-7-2-1-6-21(22)25(33)30-31/h1-5,8-15,21-22H,6-7H2,(H,29,32)(H,30,33). The molecule has 0 bridgehead atoms. The van der Waals surface area contributed by atoms with Crippen LogP contribution in [-0.2, 0) is 9.59 Å². The number of allylic oxidation sites excluding steroid dienone is 2. The van der Waals surface area contributed by atoms with E-state index in [0.29, 0.717) is 35.5 Å². The molecule has 5 rings (SSSR count). The van der Waals surface area contributed by atoms with Crippen LogP contribution in [0, 0.1) is 17.7 Å². The normalized spacial score (nSPS) is 19.1. The van der Waals surface area contributed by atoms with Crippen molar-refractivity contribution in [1.82, 2.24) is 10.4 Å². The van der Waals surface area contributed by atoms with E-state index in [1.165, 1.54) is 35.5 Å². The smallest absolute Gasteiger partial charge is 0.255 e. The number of carbonyl (C=O) groups excluding carboxylic acids is 3. The van der Waals surface area contributed by atoms with Crippen molar-refractivity contribution < 1.29 is 23.5 Å². The molecule has 1 aliphatic heterocycles. The van der Waals surface area contributed by atoms with Crippen molar-refractivity contribution in [2.75, 3.05) is 10.3 Å². The molecule has 2 aromatic carbocycles. The average molecular weight is 472 g/mol. The van der Waals surface area contributed by atoms with Crippen molar-refractivity contribution >= 4 is 29.1 Å². The number of nitrogens with one attached hydrogen (secondary N) is 2. The predicted molar refractivity (Wildman–Crippen MR) is 126 cm³/mol. The second kappa shape index (κ2) is 9.38. The summed E-state index contributed by atoms with van der Waals surface area (Å²) >= 11 is 0. The zero-order valence-corrected chi connectivity index (χ0v) is 18.5. The molecular formula is C26H21FN4O4. The lowest BCUT2D eigenvalue weighted by molar-refractivity contribution is -0.139. The van der Waals surface area contributed by atoms with Crippen LogP contribution in [0.15, 0.2) is 79.0 Å². The first-order chi connectivity index (χ1) is 17.0. The molecule has 35 heavy (non-hydrogen) atoms. The Kier molecular flexibility index (Phi) is 5.97. The summed E-state index contributed by atoms with van der Waals surface area (Å²) in [6.07, 6.45) is 6.34. The highest BCUT2D eigenvalue weighted by molar-refractivity contribution is 6.07. The fourth-order valence-electron chi connectivity index (χ4n) is 4.11. The fraction of sp³-hybridized carbons (Fsp3) is 0.154. The Bertz CT molecular complexity index is 1310. The Morgan fingerprint density at radius 2 is 1.80 bits per heavy atom. The van der Waals surface area contributed by atoms with E-state index < -0.39 is 11.8 Å². The Labute approximate surface area is 200 Å². The van der Waals surface area contributed by atoms with Crippen molar-refractivity contribution in [2.24, 2.45) is 11.8 Å². The van der Waals surface area contributed by atoms with Gasteiger partial charge < -0.3 is 10.1 Å². The summed E-state index contributed by atoms with van der Waals surface area (Å²) in [4.78, 5) is 42.5. The Morgan fingerprint density at radius 3 is 2.54 bits per heavy atom. The molecule has 2 heterocycles. The summed E-state index contributed by atoms with van der Waals surface area (Å²) in [6, 6.07) is 15.2. The number of aromatic nitrogens is 1. The second-order valence-electron chi connectivity index (χ2n) is 8.25. The number of halogens is 1. The largest absolute Gasteiger partial charge is 0.439 e. The summed E-state index contributed by atoms with van der Waals surface area (Å²) in [6.45, 7) is 0. The van der Waals surface area contributed by atoms with Gasteiger partial charge in [0.15, 0.2) is 0 Å². The number of hydrazine groups is 1. The number of pyridine rings is 1. The zero-order chi connectivity index (χ0) is 24.4. The van der Waals surface area contributed by atoms with E-state index in [4.69, 9.17) is 4.74 Å². The molecule has 1 fully saturated rings. The molecule has 2 unspecified atom stereocenters. The number of rotatable bonds is 5. The quantitative estimate of drug-likeness (QED) is 0.542. The van der Waals surface area contributed by atoms with E-state index in [9.17, 15) is 18.8 Å². The van der Waals surface area contributed by atoms with Crippen molar-refractivity contribution in [1.29, 1.82) is 0 Å². The van der Waals surface area contributed by atoms with E-state index in [2.05, 4.69) is 15.7 Å². The van der Waals surface area contributed by atoms with Crippen LogP contribution in [0.25, 0.3) is 0 Å². The number of anilines is 2. The number of hydrogen-bond acceptors (Lipinski definition) is 5. The highest BCUT2D eigenvalue weighted by atomic mass is 19.1. The topological polar surface area (TPSA) is 101 Å². The first-order valence-electron chi connectivity index (χ1n) is 11.1. The molecule has 0 spiro atoms. The summed E-state index contributed by atoms with van der Waals surface area (Å²) in [5.74, 6) is -1.23. The van der Waals surface area contributed by atoms with Crippen molar-refractivity contribution in [2.45, 2.75) is 12.8 Å². The van der Waals surface area contributed by atoms with Crippen LogP contribution >= 0.6 is 0 Å². The average Bonchev–Trinajstić information content (AvgIpc) is 2.89. The molecule has 1 saturated heterocycles. The third kappa shape index (κ3) is 4.74. The van der Waals surface area contributed by atoms with Crippen LogP contribution in [0.3, 0.4) is 0 Å². The molecule has 9 heteroatoms. The highest BCUT2D eigenvalue weighted by Crippen LogP contribution is 2.32. The van der Waals surface area contributed by atoms with Gasteiger partial charge in [0.05, 0.1) is 29.4 Å². The minimum Gasteiger partial charge on any atom is -0.439 e. The van der Waals surface area contributed by atoms with Crippen LogP contribution in [0.2, 0.25) is 0 Å². The van der Waals surface area contributed by atoms with Gasteiger partial charge in [-0.05, 0) is 61.4 Å². The monoisotopic (exact) mass is 472 g/mol. The molecule has 3 amide bonds. The van der Waals surface area contributed by atoms with Gasteiger partial charge in [-0.2, -0.15) is 0 Å². The lowest BCUT2D eigenvalue weighted by atomic mass is 9.80. The van der Waals surface area contributed by atoms with Gasteiger partial charge in [0, 0.05) is 11.6 Å². The third-order valence-electron chi connectivity index (χ3n) is 5.93. The van der Waals surface area contributed by atoms with Gasteiger partial charge in [-0.25, -0.2) is 14.4 Å². The third-order valence-corrected chi connectivity index (χ3v) is 5.93. The SMILES string of the molecule is O=C(Nc1ccc(Oc2ccc(F)cc2)nc1)c1cccc(N2NC(=O)C3CC=CCC3C2=O)c1. The maximum absolute atomic E-state index is 13.0. The highest BCUT2D eigenvalue weighted by Gasteiger charge is 2.42. The molecule has 0 radical (unpaired) electrons. The molecule has 2 N–H and O–H groups in total. The number of carbonyl (C=O) groups is 3. The van der Waals surface area contributed by atoms with Gasteiger partial charge in [-0.3, -0.25) is 19.8 Å². The minimum atomic E-state index is -0.409. The Morgan fingerprint density at radius 1 is 1.03 bits per heavy atom. The molecule has 3 aromatic rings. The predicted octanol–water partition coefficient (Wildman–Crippen LogP) is 4.23. The van der Waals surface area contributed by atoms with Crippen LogP contribution in [-0.4, -0.2) is 22.7 Å². The zero-order valence-electron chi connectivity index (χ0n) is 18.5. The van der Waals surface area contributed by atoms with Crippen molar-refractivity contribution in [3.63, 3.8) is 0 Å². The summed E-state index contributed by atoms with van der Waals surface area (Å²) < 4.78 is 18.6. The van der Waals surface area contributed by atoms with E-state index >= 15 is 0 Å². The van der Waals surface area contributed by atoms with E-state index in [0.717, 1.165) is 0 Å². The van der Waals surface area contributed by atoms with E-state index in [-0.39, 0.29) is 29.4 Å². The van der Waals surface area contributed by atoms with Crippen molar-refractivity contribution in [3.8, 4) is 11.6 Å². The van der Waals surface area contributed by atoms with E-state index in [1.807, 2.05) is 12.2 Å². The lowest BCUT2D eigenvalue weighted by Gasteiger charge is -2.38.